The van der Waals surface area contributed by atoms with Gasteiger partial charge in [-0.1, -0.05) is 6.07 Å². The minimum Gasteiger partial charge on any atom is -0.388 e. The van der Waals surface area contributed by atoms with Gasteiger partial charge in [0, 0.05) is 15.8 Å². The molecule has 0 aliphatic carbocycles. The molecule has 0 aliphatic heterocycles. The lowest BCUT2D eigenvalue weighted by atomic mass is 10.1. The van der Waals surface area contributed by atoms with Crippen molar-refractivity contribution in [3.63, 3.8) is 0 Å². The third-order valence-electron chi connectivity index (χ3n) is 2.40. The van der Waals surface area contributed by atoms with Crippen LogP contribution in [0.1, 0.15) is 16.5 Å². The lowest BCUT2D eigenvalue weighted by molar-refractivity contribution is 0.179. The van der Waals surface area contributed by atoms with Gasteiger partial charge in [-0.25, -0.2) is 4.39 Å². The number of aliphatic hydroxyl groups excluding tert-OH is 1. The van der Waals surface area contributed by atoms with Crippen molar-refractivity contribution in [3.05, 3.63) is 54.8 Å². The molecule has 0 amide bonds. The molecule has 0 fully saturated rings. The van der Waals surface area contributed by atoms with Crippen molar-refractivity contribution in [1.82, 2.24) is 0 Å². The predicted molar refractivity (Wildman–Crippen MR) is 74.8 cm³/mol. The first-order chi connectivity index (χ1) is 8.08. The summed E-state index contributed by atoms with van der Waals surface area (Å²) in [6.45, 7) is 0. The van der Waals surface area contributed by atoms with Gasteiger partial charge < -0.3 is 5.11 Å². The Hall–Kier alpha value is -0.230. The van der Waals surface area contributed by atoms with Gasteiger partial charge in [0.15, 0.2) is 0 Å². The Balaban J connectivity index is 2.17. The molecule has 0 saturated carbocycles. The average molecular weight is 380 g/mol. The van der Waals surface area contributed by atoms with Crippen LogP contribution in [-0.2, 0) is 6.42 Å². The van der Waals surface area contributed by atoms with Crippen LogP contribution < -0.4 is 0 Å². The molecule has 1 heterocycles. The molecule has 17 heavy (non-hydrogen) atoms. The molecule has 0 aliphatic rings. The molecule has 1 aromatic carbocycles. The number of thiophene rings is 1. The van der Waals surface area contributed by atoms with Gasteiger partial charge in [-0.2, -0.15) is 0 Å². The first kappa shape index (κ1) is 13.2. The van der Waals surface area contributed by atoms with E-state index in [-0.39, 0.29) is 5.82 Å². The van der Waals surface area contributed by atoms with Gasteiger partial charge in [0.05, 0.1) is 10.6 Å². The van der Waals surface area contributed by atoms with Crippen LogP contribution >= 0.6 is 43.2 Å². The Morgan fingerprint density at radius 2 is 2.00 bits per heavy atom. The van der Waals surface area contributed by atoms with Crippen LogP contribution in [-0.4, -0.2) is 5.11 Å². The highest BCUT2D eigenvalue weighted by Crippen LogP contribution is 2.29. The summed E-state index contributed by atoms with van der Waals surface area (Å²) in [7, 11) is 0. The van der Waals surface area contributed by atoms with Crippen LogP contribution in [0.2, 0.25) is 0 Å². The molecule has 1 nitrogen and oxygen atoms in total. The summed E-state index contributed by atoms with van der Waals surface area (Å²) in [6.07, 6.45) is -0.202. The largest absolute Gasteiger partial charge is 0.388 e. The maximum absolute atomic E-state index is 13.3. The summed E-state index contributed by atoms with van der Waals surface area (Å²) in [5.74, 6) is -0.355. The van der Waals surface area contributed by atoms with E-state index in [1.165, 1.54) is 6.07 Å². The maximum Gasteiger partial charge on any atom is 0.137 e. The number of rotatable bonds is 3. The summed E-state index contributed by atoms with van der Waals surface area (Å²) >= 11 is 8.07. The molecule has 1 atom stereocenters. The Bertz CT molecular complexity index is 527. The monoisotopic (exact) mass is 378 g/mol. The molecule has 0 spiro atoms. The van der Waals surface area contributed by atoms with E-state index in [0.717, 1.165) is 9.35 Å². The fraction of sp³-hybridized carbons (Fsp3) is 0.167. The Morgan fingerprint density at radius 1 is 1.24 bits per heavy atom. The Morgan fingerprint density at radius 3 is 2.59 bits per heavy atom. The molecule has 1 aromatic heterocycles. The first-order valence-corrected chi connectivity index (χ1v) is 7.39. The van der Waals surface area contributed by atoms with Gasteiger partial charge in [0.2, 0.25) is 0 Å². The Labute approximate surface area is 120 Å². The zero-order valence-electron chi connectivity index (χ0n) is 8.66. The molecule has 1 N–H and O–H groups in total. The highest BCUT2D eigenvalue weighted by Gasteiger charge is 2.13. The van der Waals surface area contributed by atoms with Crippen LogP contribution in [0.3, 0.4) is 0 Å². The van der Waals surface area contributed by atoms with Crippen molar-refractivity contribution in [2.45, 2.75) is 12.5 Å². The second-order valence-corrected chi connectivity index (χ2v) is 6.29. The van der Waals surface area contributed by atoms with Crippen molar-refractivity contribution in [3.8, 4) is 0 Å². The van der Waals surface area contributed by atoms with Gasteiger partial charge in [0.1, 0.15) is 5.82 Å². The molecule has 1 unspecified atom stereocenters. The SMILES string of the molecule is OC(Cc1sccc1Br)c1ccc(Br)c(F)c1. The third kappa shape index (κ3) is 3.16. The molecular formula is C12H9Br2FOS. The molecule has 2 rings (SSSR count). The lowest BCUT2D eigenvalue weighted by Gasteiger charge is -2.10. The molecule has 0 saturated heterocycles. The topological polar surface area (TPSA) is 20.2 Å². The van der Waals surface area contributed by atoms with E-state index in [4.69, 9.17) is 0 Å². The zero-order valence-corrected chi connectivity index (χ0v) is 12.6. The van der Waals surface area contributed by atoms with E-state index >= 15 is 0 Å². The van der Waals surface area contributed by atoms with Gasteiger partial charge in [-0.3, -0.25) is 0 Å². The average Bonchev–Trinajstić information content (AvgIpc) is 2.68. The van der Waals surface area contributed by atoms with Gasteiger partial charge in [-0.15, -0.1) is 11.3 Å². The van der Waals surface area contributed by atoms with Crippen LogP contribution in [0.15, 0.2) is 38.6 Å². The van der Waals surface area contributed by atoms with E-state index < -0.39 is 6.10 Å². The van der Waals surface area contributed by atoms with Crippen molar-refractivity contribution < 1.29 is 9.50 Å². The van der Waals surface area contributed by atoms with Crippen molar-refractivity contribution in [1.29, 1.82) is 0 Å². The predicted octanol–water partition coefficient (Wildman–Crippen LogP) is 4.69. The number of halogens is 3. The third-order valence-corrected chi connectivity index (χ3v) is 4.99. The molecule has 0 bridgehead atoms. The number of aliphatic hydroxyl groups is 1. The number of hydrogen-bond acceptors (Lipinski definition) is 2. The van der Waals surface area contributed by atoms with E-state index in [2.05, 4.69) is 31.9 Å². The van der Waals surface area contributed by atoms with Gasteiger partial charge >= 0.3 is 0 Å². The smallest absolute Gasteiger partial charge is 0.137 e. The van der Waals surface area contributed by atoms with Crippen LogP contribution in [0.4, 0.5) is 4.39 Å². The molecule has 90 valence electrons. The lowest BCUT2D eigenvalue weighted by Crippen LogP contribution is -2.01. The molecule has 2 aromatic rings. The van der Waals surface area contributed by atoms with E-state index in [1.807, 2.05) is 11.4 Å². The second-order valence-electron chi connectivity index (χ2n) is 3.59. The minimum atomic E-state index is -0.687. The Kier molecular flexibility index (Phi) is 4.36. The van der Waals surface area contributed by atoms with E-state index in [9.17, 15) is 9.50 Å². The summed E-state index contributed by atoms with van der Waals surface area (Å²) in [5.41, 5.74) is 0.589. The minimum absolute atomic E-state index is 0.355. The molecule has 5 heteroatoms. The standard InChI is InChI=1S/C12H9Br2FOS/c13-8-2-1-7(5-10(8)15)11(16)6-12-9(14)3-4-17-12/h1-5,11,16H,6H2. The van der Waals surface area contributed by atoms with E-state index in [0.29, 0.717) is 16.5 Å². The fourth-order valence-electron chi connectivity index (χ4n) is 1.48. The summed E-state index contributed by atoms with van der Waals surface area (Å²) in [4.78, 5) is 1.06. The summed E-state index contributed by atoms with van der Waals surface area (Å²) in [5, 5.41) is 12.0. The van der Waals surface area contributed by atoms with Crippen molar-refractivity contribution in [2.24, 2.45) is 0 Å². The number of hydrogen-bond donors (Lipinski definition) is 1. The number of benzene rings is 1. The normalized spacial score (nSPS) is 12.7. The van der Waals surface area contributed by atoms with Gasteiger partial charge in [-0.05, 0) is 61.0 Å². The van der Waals surface area contributed by atoms with Crippen molar-refractivity contribution >= 4 is 43.2 Å². The van der Waals surface area contributed by atoms with E-state index in [1.54, 1.807) is 23.5 Å². The van der Waals surface area contributed by atoms with Crippen LogP contribution in [0, 0.1) is 5.82 Å². The highest BCUT2D eigenvalue weighted by atomic mass is 79.9. The molecular weight excluding hydrogens is 371 g/mol. The fourth-order valence-corrected chi connectivity index (χ4v) is 3.28. The highest BCUT2D eigenvalue weighted by molar-refractivity contribution is 9.10. The van der Waals surface area contributed by atoms with Crippen LogP contribution in [0.25, 0.3) is 0 Å². The van der Waals surface area contributed by atoms with Crippen molar-refractivity contribution in [2.75, 3.05) is 0 Å². The zero-order chi connectivity index (χ0) is 12.4. The molecule has 0 radical (unpaired) electrons. The van der Waals surface area contributed by atoms with Crippen LogP contribution in [0.5, 0.6) is 0 Å². The summed E-state index contributed by atoms with van der Waals surface area (Å²) < 4.78 is 14.7. The first-order valence-electron chi connectivity index (χ1n) is 4.93. The summed E-state index contributed by atoms with van der Waals surface area (Å²) in [6, 6.07) is 6.63. The second kappa shape index (κ2) is 5.61. The quantitative estimate of drug-likeness (QED) is 0.820. The maximum atomic E-state index is 13.3. The van der Waals surface area contributed by atoms with Gasteiger partial charge in [0.25, 0.3) is 0 Å².